The van der Waals surface area contributed by atoms with Gasteiger partial charge in [-0.3, -0.25) is 9.59 Å². The molecule has 0 aromatic heterocycles. The van der Waals surface area contributed by atoms with E-state index in [-0.39, 0.29) is 38.0 Å². The molecule has 10 heteroatoms. The Balaban J connectivity index is 1.76. The number of hydrogen-bond donors (Lipinski definition) is 4. The monoisotopic (exact) mass is 568 g/mol. The van der Waals surface area contributed by atoms with Crippen LogP contribution in [0.25, 0.3) is 0 Å². The minimum Gasteiger partial charge on any atom is -0.497 e. The van der Waals surface area contributed by atoms with Crippen LogP contribution in [0, 0.1) is 5.92 Å². The van der Waals surface area contributed by atoms with Crippen LogP contribution in [0.3, 0.4) is 0 Å². The van der Waals surface area contributed by atoms with Crippen molar-refractivity contribution in [2.45, 2.75) is 57.5 Å². The number of benzene rings is 2. The number of ether oxygens (including phenoxy) is 3. The molecule has 0 bridgehead atoms. The van der Waals surface area contributed by atoms with Crippen molar-refractivity contribution in [3.63, 3.8) is 0 Å². The van der Waals surface area contributed by atoms with Crippen molar-refractivity contribution in [1.82, 2.24) is 10.2 Å². The highest BCUT2D eigenvalue weighted by atomic mass is 16.5. The van der Waals surface area contributed by atoms with Gasteiger partial charge in [-0.1, -0.05) is 26.0 Å². The minimum absolute atomic E-state index is 0.0420. The standard InChI is InChI=1S/C31H40N2O8/c1-18(2)12-26(36)33(10-8-19-6-5-7-21(13-19)39-3)24-16-23(31(38)32-9-11-34)27-22-14-20(17-35)15-25(40-4)29(22)41-30(27)28(24)37/h5-7,13-16,18,24,27-28,30,34-35,37H,8-12,17H2,1-4H3,(H,32,38)/t24-,27+,28+,30+/m1/s1. The van der Waals surface area contributed by atoms with E-state index in [1.165, 1.54) is 7.11 Å². The molecule has 1 heterocycles. The highest BCUT2D eigenvalue weighted by Gasteiger charge is 2.51. The van der Waals surface area contributed by atoms with Crippen LogP contribution in [0.4, 0.5) is 0 Å². The number of carbonyl (C=O) groups excluding carboxylic acids is 2. The fraction of sp³-hybridized carbons (Fsp3) is 0.484. The maximum Gasteiger partial charge on any atom is 0.247 e. The lowest BCUT2D eigenvalue weighted by Crippen LogP contribution is -2.56. The maximum atomic E-state index is 13.6. The molecule has 4 rings (SSSR count). The molecule has 1 aliphatic heterocycles. The molecule has 0 fully saturated rings. The van der Waals surface area contributed by atoms with Gasteiger partial charge in [-0.25, -0.2) is 0 Å². The van der Waals surface area contributed by atoms with Crippen molar-refractivity contribution in [1.29, 1.82) is 0 Å². The van der Waals surface area contributed by atoms with Gasteiger partial charge in [0, 0.05) is 30.6 Å². The first-order chi connectivity index (χ1) is 19.7. The third kappa shape index (κ3) is 6.50. The summed E-state index contributed by atoms with van der Waals surface area (Å²) < 4.78 is 17.1. The summed E-state index contributed by atoms with van der Waals surface area (Å²) in [5.74, 6) is 0.309. The summed E-state index contributed by atoms with van der Waals surface area (Å²) >= 11 is 0. The summed E-state index contributed by atoms with van der Waals surface area (Å²) in [6.45, 7) is 3.76. The maximum absolute atomic E-state index is 13.6. The topological polar surface area (TPSA) is 138 Å². The number of fused-ring (bicyclic) bond motifs is 3. The van der Waals surface area contributed by atoms with Crippen LogP contribution in [0.5, 0.6) is 17.2 Å². The highest BCUT2D eigenvalue weighted by molar-refractivity contribution is 5.96. The largest absolute Gasteiger partial charge is 0.497 e. The molecule has 10 nitrogen and oxygen atoms in total. The number of nitrogens with zero attached hydrogens (tertiary/aromatic N) is 1. The molecule has 0 saturated carbocycles. The predicted molar refractivity (Wildman–Crippen MR) is 152 cm³/mol. The van der Waals surface area contributed by atoms with E-state index in [2.05, 4.69) is 5.32 Å². The van der Waals surface area contributed by atoms with Gasteiger partial charge in [-0.15, -0.1) is 0 Å². The van der Waals surface area contributed by atoms with Gasteiger partial charge < -0.3 is 39.7 Å². The first-order valence-corrected chi connectivity index (χ1v) is 13.9. The molecule has 2 aliphatic rings. The Morgan fingerprint density at radius 3 is 2.54 bits per heavy atom. The Bertz CT molecular complexity index is 1280. The Morgan fingerprint density at radius 2 is 1.88 bits per heavy atom. The van der Waals surface area contributed by atoms with Gasteiger partial charge in [0.1, 0.15) is 18.0 Å². The molecule has 0 unspecified atom stereocenters. The summed E-state index contributed by atoms with van der Waals surface area (Å²) in [4.78, 5) is 28.7. The van der Waals surface area contributed by atoms with Crippen LogP contribution in [0.1, 0.15) is 42.9 Å². The van der Waals surface area contributed by atoms with Gasteiger partial charge in [-0.2, -0.15) is 0 Å². The molecule has 0 radical (unpaired) electrons. The smallest absolute Gasteiger partial charge is 0.247 e. The quantitative estimate of drug-likeness (QED) is 0.305. The third-order valence-electron chi connectivity index (χ3n) is 7.53. The molecular weight excluding hydrogens is 528 g/mol. The number of nitrogens with one attached hydrogen (secondary N) is 1. The van der Waals surface area contributed by atoms with Gasteiger partial charge in [0.05, 0.1) is 39.4 Å². The van der Waals surface area contributed by atoms with Crippen molar-refractivity contribution in [3.05, 3.63) is 64.7 Å². The van der Waals surface area contributed by atoms with Crippen LogP contribution in [-0.4, -0.2) is 84.2 Å². The molecule has 0 saturated heterocycles. The second-order valence-electron chi connectivity index (χ2n) is 10.8. The Hall–Kier alpha value is -3.60. The van der Waals surface area contributed by atoms with Crippen molar-refractivity contribution in [3.8, 4) is 17.2 Å². The predicted octanol–water partition coefficient (Wildman–Crippen LogP) is 1.94. The van der Waals surface area contributed by atoms with Crippen LogP contribution >= 0.6 is 0 Å². The number of aliphatic hydroxyl groups excluding tert-OH is 3. The van der Waals surface area contributed by atoms with Crippen molar-refractivity contribution >= 4 is 11.8 Å². The zero-order valence-electron chi connectivity index (χ0n) is 24.0. The average Bonchev–Trinajstić information content (AvgIpc) is 3.36. The molecule has 1 aliphatic carbocycles. The van der Waals surface area contributed by atoms with E-state index in [9.17, 15) is 24.9 Å². The van der Waals surface area contributed by atoms with Crippen LogP contribution < -0.4 is 19.5 Å². The zero-order chi connectivity index (χ0) is 29.7. The highest BCUT2D eigenvalue weighted by Crippen LogP contribution is 2.51. The summed E-state index contributed by atoms with van der Waals surface area (Å²) in [7, 11) is 3.08. The van der Waals surface area contributed by atoms with Crippen molar-refractivity contribution in [2.24, 2.45) is 5.92 Å². The second-order valence-corrected chi connectivity index (χ2v) is 10.8. The molecule has 0 spiro atoms. The first kappa shape index (κ1) is 30.4. The van der Waals surface area contributed by atoms with Crippen LogP contribution in [0.15, 0.2) is 48.0 Å². The molecule has 222 valence electrons. The first-order valence-electron chi connectivity index (χ1n) is 13.9. The summed E-state index contributed by atoms with van der Waals surface area (Å²) in [6.07, 6.45) is 0.380. The molecular formula is C31H40N2O8. The lowest BCUT2D eigenvalue weighted by atomic mass is 9.77. The fourth-order valence-electron chi connectivity index (χ4n) is 5.60. The average molecular weight is 569 g/mol. The van der Waals surface area contributed by atoms with E-state index >= 15 is 0 Å². The lowest BCUT2D eigenvalue weighted by molar-refractivity contribution is -0.137. The summed E-state index contributed by atoms with van der Waals surface area (Å²) in [5.41, 5.74) is 2.46. The number of carbonyl (C=O) groups is 2. The van der Waals surface area contributed by atoms with Gasteiger partial charge in [0.15, 0.2) is 11.5 Å². The van der Waals surface area contributed by atoms with E-state index in [0.29, 0.717) is 46.9 Å². The molecule has 4 atom stereocenters. The van der Waals surface area contributed by atoms with E-state index in [1.807, 2.05) is 38.1 Å². The normalized spacial score (nSPS) is 20.9. The Kier molecular flexibility index (Phi) is 9.90. The zero-order valence-corrected chi connectivity index (χ0v) is 24.0. The molecule has 41 heavy (non-hydrogen) atoms. The Morgan fingerprint density at radius 1 is 1.10 bits per heavy atom. The lowest BCUT2D eigenvalue weighted by Gasteiger charge is -2.41. The number of amides is 2. The molecule has 2 amide bonds. The SMILES string of the molecule is COc1cccc(CCN(C(=O)CC(C)C)[C@@H]2C=C(C(=O)NCCO)[C@@H]3c4cc(CO)cc(OC)c4O[C@@H]3[C@H]2O)c1. The van der Waals surface area contributed by atoms with Gasteiger partial charge >= 0.3 is 0 Å². The third-order valence-corrected chi connectivity index (χ3v) is 7.53. The minimum atomic E-state index is -1.16. The van der Waals surface area contributed by atoms with Crippen molar-refractivity contribution in [2.75, 3.05) is 33.9 Å². The van der Waals surface area contributed by atoms with E-state index in [0.717, 1.165) is 5.56 Å². The number of aliphatic hydroxyl groups is 3. The summed E-state index contributed by atoms with van der Waals surface area (Å²) in [6, 6.07) is 10.1. The van der Waals surface area contributed by atoms with Crippen molar-refractivity contribution < 1.29 is 39.1 Å². The summed E-state index contributed by atoms with van der Waals surface area (Å²) in [5, 5.41) is 33.7. The second kappa shape index (κ2) is 13.4. The van der Waals surface area contributed by atoms with E-state index < -0.39 is 30.1 Å². The van der Waals surface area contributed by atoms with Gasteiger partial charge in [0.2, 0.25) is 11.8 Å². The number of methoxy groups -OCH3 is 2. The van der Waals surface area contributed by atoms with Crippen LogP contribution in [-0.2, 0) is 22.6 Å². The number of rotatable bonds is 12. The van der Waals surface area contributed by atoms with Gasteiger partial charge in [0.25, 0.3) is 0 Å². The molecule has 2 aromatic carbocycles. The Labute approximate surface area is 240 Å². The van der Waals surface area contributed by atoms with Gasteiger partial charge in [-0.05, 0) is 53.8 Å². The molecule has 2 aromatic rings. The molecule has 4 N–H and O–H groups in total. The van der Waals surface area contributed by atoms with E-state index in [1.54, 1.807) is 30.2 Å². The fourth-order valence-corrected chi connectivity index (χ4v) is 5.60. The number of hydrogen-bond acceptors (Lipinski definition) is 8. The van der Waals surface area contributed by atoms with Crippen LogP contribution in [0.2, 0.25) is 0 Å². The van der Waals surface area contributed by atoms with E-state index in [4.69, 9.17) is 14.2 Å².